The number of likely N-dealkylation sites (N-methyl/N-ethyl adjacent to an activating group) is 1. The maximum atomic E-state index is 9.10. The molecule has 0 atom stereocenters. The molecule has 5 saturated carbocycles. The maximum Gasteiger partial charge on any atom is 0.207 e. The van der Waals surface area contributed by atoms with Gasteiger partial charge in [0.15, 0.2) is 0 Å². The molecule has 6 rings (SSSR count). The van der Waals surface area contributed by atoms with E-state index < -0.39 is 5.79 Å². The number of nitrogens with zero attached hydrogens (tertiary/aromatic N) is 1. The van der Waals surface area contributed by atoms with Crippen LogP contribution in [0.3, 0.4) is 0 Å². The summed E-state index contributed by atoms with van der Waals surface area (Å²) in [5.41, 5.74) is 1.40. The van der Waals surface area contributed by atoms with E-state index in [1.54, 1.807) is 0 Å². The first-order chi connectivity index (χ1) is 17.6. The Morgan fingerprint density at radius 1 is 0.917 bits per heavy atom. The van der Waals surface area contributed by atoms with Crippen molar-refractivity contribution < 1.29 is 24.4 Å². The molecule has 0 saturated heterocycles. The monoisotopic (exact) mass is 501 g/mol. The van der Waals surface area contributed by atoms with Gasteiger partial charge in [0.05, 0.1) is 19.3 Å². The lowest BCUT2D eigenvalue weighted by Crippen LogP contribution is -2.60. The first kappa shape index (κ1) is 26.4. The molecule has 6 nitrogen and oxygen atoms in total. The third-order valence-electron chi connectivity index (χ3n) is 9.69. The molecule has 0 unspecified atom stereocenters. The highest BCUT2D eigenvalue weighted by Gasteiger charge is 2.60. The lowest BCUT2D eigenvalue weighted by atomic mass is 9.53. The first-order valence-corrected chi connectivity index (χ1v) is 14.6. The summed E-state index contributed by atoms with van der Waals surface area (Å²) >= 11 is 0. The third-order valence-corrected chi connectivity index (χ3v) is 9.69. The van der Waals surface area contributed by atoms with Crippen molar-refractivity contribution in [2.24, 2.45) is 23.7 Å². The van der Waals surface area contributed by atoms with Crippen LogP contribution in [0.4, 0.5) is 0 Å². The molecule has 1 aromatic carbocycles. The SMILES string of the molecule is CCN(CCO)CCCOc1ccc(C2CCC(OOC3(OC)C4CC5CC(C4)CC3C5)CC2)cc1. The molecule has 6 heteroatoms. The molecular weight excluding hydrogens is 454 g/mol. The lowest BCUT2D eigenvalue weighted by Gasteiger charge is -2.58. The Kier molecular flexibility index (Phi) is 8.90. The number of rotatable bonds is 13. The molecule has 0 spiro atoms. The van der Waals surface area contributed by atoms with E-state index in [0.717, 1.165) is 69.3 Å². The summed E-state index contributed by atoms with van der Waals surface area (Å²) in [7, 11) is 1.83. The molecule has 0 radical (unpaired) electrons. The van der Waals surface area contributed by atoms with Crippen LogP contribution < -0.4 is 4.74 Å². The highest BCUT2D eigenvalue weighted by molar-refractivity contribution is 5.29. The van der Waals surface area contributed by atoms with Crippen molar-refractivity contribution in [2.75, 3.05) is 40.0 Å². The molecule has 0 amide bonds. The van der Waals surface area contributed by atoms with Crippen LogP contribution in [0.15, 0.2) is 24.3 Å². The minimum absolute atomic E-state index is 0.168. The van der Waals surface area contributed by atoms with Crippen molar-refractivity contribution in [3.8, 4) is 5.75 Å². The topological polar surface area (TPSA) is 60.4 Å². The number of aliphatic hydroxyl groups is 1. The minimum atomic E-state index is -0.506. The normalized spacial score (nSPS) is 35.4. The van der Waals surface area contributed by atoms with Gasteiger partial charge in [-0.15, -0.1) is 0 Å². The molecule has 0 heterocycles. The number of methoxy groups -OCH3 is 1. The van der Waals surface area contributed by atoms with Crippen LogP contribution in [0.1, 0.15) is 82.6 Å². The molecule has 202 valence electrons. The summed E-state index contributed by atoms with van der Waals surface area (Å²) in [6.07, 6.45) is 11.9. The molecule has 36 heavy (non-hydrogen) atoms. The van der Waals surface area contributed by atoms with E-state index in [0.29, 0.717) is 24.4 Å². The second-order valence-electron chi connectivity index (χ2n) is 11.8. The molecule has 4 bridgehead atoms. The van der Waals surface area contributed by atoms with Crippen molar-refractivity contribution in [2.45, 2.75) is 88.9 Å². The average molecular weight is 502 g/mol. The summed E-state index contributed by atoms with van der Waals surface area (Å²) in [4.78, 5) is 14.7. The standard InChI is InChI=1S/C30H47NO5/c1-3-31(14-15-32)13-4-16-34-28-9-5-24(6-10-28)25-7-11-29(12-8-25)35-36-30(33-2)26-18-22-17-23(20-26)21-27(30)19-22/h5-6,9-10,22-23,25-27,29,32H,3-4,7-8,11-21H2,1-2H3. The van der Waals surface area contributed by atoms with E-state index in [1.165, 1.54) is 37.7 Å². The van der Waals surface area contributed by atoms with Gasteiger partial charge >= 0.3 is 0 Å². The highest BCUT2D eigenvalue weighted by Crippen LogP contribution is 2.60. The minimum Gasteiger partial charge on any atom is -0.494 e. The maximum absolute atomic E-state index is 9.10. The average Bonchev–Trinajstić information content (AvgIpc) is 2.91. The van der Waals surface area contributed by atoms with E-state index in [9.17, 15) is 0 Å². The fourth-order valence-corrected chi connectivity index (χ4v) is 7.86. The molecule has 5 aliphatic rings. The quantitative estimate of drug-likeness (QED) is 0.166. The Balaban J connectivity index is 1.04. The lowest BCUT2D eigenvalue weighted by molar-refractivity contribution is -0.485. The van der Waals surface area contributed by atoms with E-state index in [4.69, 9.17) is 24.4 Å². The van der Waals surface area contributed by atoms with Crippen LogP contribution in [0.5, 0.6) is 5.75 Å². The third kappa shape index (κ3) is 5.78. The van der Waals surface area contributed by atoms with Gasteiger partial charge in [0.1, 0.15) is 5.75 Å². The van der Waals surface area contributed by atoms with Crippen molar-refractivity contribution in [3.63, 3.8) is 0 Å². The van der Waals surface area contributed by atoms with Crippen LogP contribution in [-0.4, -0.2) is 61.9 Å². The van der Waals surface area contributed by atoms with Crippen LogP contribution >= 0.6 is 0 Å². The Morgan fingerprint density at radius 2 is 1.58 bits per heavy atom. The van der Waals surface area contributed by atoms with Crippen molar-refractivity contribution in [1.82, 2.24) is 4.90 Å². The summed E-state index contributed by atoms with van der Waals surface area (Å²) in [5, 5.41) is 9.10. The number of aliphatic hydroxyl groups excluding tert-OH is 1. The second kappa shape index (κ2) is 12.1. The number of hydrogen-bond acceptors (Lipinski definition) is 6. The van der Waals surface area contributed by atoms with Gasteiger partial charge in [-0.2, -0.15) is 0 Å². The van der Waals surface area contributed by atoms with E-state index in [-0.39, 0.29) is 12.7 Å². The predicted octanol–water partition coefficient (Wildman–Crippen LogP) is 5.54. The summed E-state index contributed by atoms with van der Waals surface area (Å²) in [5.74, 6) is 3.78. The number of ether oxygens (including phenoxy) is 2. The van der Waals surface area contributed by atoms with Crippen molar-refractivity contribution >= 4 is 0 Å². The zero-order valence-electron chi connectivity index (χ0n) is 22.4. The van der Waals surface area contributed by atoms with Gasteiger partial charge in [0.25, 0.3) is 0 Å². The fourth-order valence-electron chi connectivity index (χ4n) is 7.86. The van der Waals surface area contributed by atoms with Crippen LogP contribution in [-0.2, 0) is 14.5 Å². The van der Waals surface area contributed by atoms with Gasteiger partial charge in [0.2, 0.25) is 5.79 Å². The Hall–Kier alpha value is -1.18. The molecule has 1 N–H and O–H groups in total. The van der Waals surface area contributed by atoms with Gasteiger partial charge in [-0.05, 0) is 106 Å². The first-order valence-electron chi connectivity index (χ1n) is 14.6. The van der Waals surface area contributed by atoms with E-state index >= 15 is 0 Å². The fraction of sp³-hybridized carbons (Fsp3) is 0.800. The zero-order valence-corrected chi connectivity index (χ0v) is 22.4. The number of benzene rings is 1. The van der Waals surface area contributed by atoms with Gasteiger partial charge < -0.3 is 19.5 Å². The van der Waals surface area contributed by atoms with Crippen molar-refractivity contribution in [3.05, 3.63) is 29.8 Å². The molecule has 5 aliphatic carbocycles. The predicted molar refractivity (Wildman–Crippen MR) is 140 cm³/mol. The van der Waals surface area contributed by atoms with Crippen LogP contribution in [0.2, 0.25) is 0 Å². The Morgan fingerprint density at radius 3 is 2.17 bits per heavy atom. The summed E-state index contributed by atoms with van der Waals surface area (Å²) in [6.45, 7) is 5.70. The van der Waals surface area contributed by atoms with Crippen LogP contribution in [0, 0.1) is 23.7 Å². The zero-order chi connectivity index (χ0) is 25.0. The number of hydrogen-bond donors (Lipinski definition) is 1. The molecule has 0 aromatic heterocycles. The Bertz CT molecular complexity index is 778. The Labute approximate surface area is 217 Å². The van der Waals surface area contributed by atoms with E-state index in [1.807, 2.05) is 7.11 Å². The van der Waals surface area contributed by atoms with Gasteiger partial charge in [-0.1, -0.05) is 19.1 Å². The summed E-state index contributed by atoms with van der Waals surface area (Å²) < 4.78 is 12.1. The van der Waals surface area contributed by atoms with Gasteiger partial charge in [-0.25, -0.2) is 9.78 Å². The molecule has 5 fully saturated rings. The summed E-state index contributed by atoms with van der Waals surface area (Å²) in [6, 6.07) is 8.69. The smallest absolute Gasteiger partial charge is 0.207 e. The van der Waals surface area contributed by atoms with Crippen LogP contribution in [0.25, 0.3) is 0 Å². The van der Waals surface area contributed by atoms with Gasteiger partial charge in [-0.3, -0.25) is 0 Å². The van der Waals surface area contributed by atoms with Gasteiger partial charge in [0, 0.05) is 32.0 Å². The molecule has 0 aliphatic heterocycles. The largest absolute Gasteiger partial charge is 0.494 e. The molecule has 1 aromatic rings. The van der Waals surface area contributed by atoms with E-state index in [2.05, 4.69) is 36.1 Å². The second-order valence-corrected chi connectivity index (χ2v) is 11.8. The van der Waals surface area contributed by atoms with Crippen molar-refractivity contribution in [1.29, 1.82) is 0 Å². The molecular formula is C30H47NO5. The highest BCUT2D eigenvalue weighted by atomic mass is 17.2.